The molecule has 6 N–H and O–H groups in total. The van der Waals surface area contributed by atoms with Gasteiger partial charge in [-0.25, -0.2) is 15.4 Å². The van der Waals surface area contributed by atoms with E-state index >= 15 is 0 Å². The van der Waals surface area contributed by atoms with Crippen LogP contribution in [0.5, 0.6) is 0 Å². The number of amidine groups is 1. The van der Waals surface area contributed by atoms with E-state index in [1.54, 1.807) is 0 Å². The number of rotatable bonds is 1. The number of nitrogens with zero attached hydrogens (tertiary/aromatic N) is 3. The van der Waals surface area contributed by atoms with Crippen molar-refractivity contribution < 1.29 is 4.79 Å². The predicted octanol–water partition coefficient (Wildman–Crippen LogP) is 0.644. The monoisotopic (exact) mass is 309 g/mol. The molecule has 1 saturated carbocycles. The fraction of sp³-hybridized carbons (Fsp3) is 0.500. The van der Waals surface area contributed by atoms with Crippen molar-refractivity contribution >= 4 is 35.0 Å². The number of aliphatic imine (C=N–C) groups is 1. The summed E-state index contributed by atoms with van der Waals surface area (Å²) >= 11 is 5.76. The summed E-state index contributed by atoms with van der Waals surface area (Å²) in [7, 11) is 0. The second kappa shape index (κ2) is 5.12. The number of amides is 1. The zero-order valence-electron chi connectivity index (χ0n) is 11.3. The van der Waals surface area contributed by atoms with Gasteiger partial charge in [0.1, 0.15) is 5.84 Å². The Morgan fingerprint density at radius 1 is 1.24 bits per heavy atom. The average molecular weight is 310 g/mol. The van der Waals surface area contributed by atoms with E-state index in [1.165, 1.54) is 12.8 Å². The van der Waals surface area contributed by atoms with Gasteiger partial charge in [0.05, 0.1) is 0 Å². The summed E-state index contributed by atoms with van der Waals surface area (Å²) in [6, 6.07) is 0. The van der Waals surface area contributed by atoms with E-state index in [9.17, 15) is 4.79 Å². The summed E-state index contributed by atoms with van der Waals surface area (Å²) in [6.45, 7) is 0. The van der Waals surface area contributed by atoms with Crippen LogP contribution in [0.15, 0.2) is 4.99 Å². The average Bonchev–Trinajstić information content (AvgIpc) is 3.05. The van der Waals surface area contributed by atoms with Crippen LogP contribution < -0.4 is 22.3 Å². The molecule has 2 aliphatic rings. The summed E-state index contributed by atoms with van der Waals surface area (Å²) in [4.78, 5) is 23.8. The van der Waals surface area contributed by atoms with Crippen molar-refractivity contribution in [2.45, 2.75) is 37.6 Å². The Balaban J connectivity index is 1.80. The summed E-state index contributed by atoms with van der Waals surface area (Å²) in [6.07, 6.45) is 5.20. The lowest BCUT2D eigenvalue weighted by Crippen LogP contribution is -2.41. The minimum Gasteiger partial charge on any atom is -0.382 e. The number of aromatic nitrogens is 2. The molecule has 0 aromatic carbocycles. The third-order valence-electron chi connectivity index (χ3n) is 3.88. The van der Waals surface area contributed by atoms with Crippen LogP contribution in [0.1, 0.15) is 42.6 Å². The molecule has 3 rings (SSSR count). The van der Waals surface area contributed by atoms with Gasteiger partial charge in [0.2, 0.25) is 0 Å². The molecule has 1 aliphatic carbocycles. The standard InChI is InChI=1S/C12H16ClN7O/c13-8-10(15)18-9(14)7(17-8)11(21)16-6-5-12(20-19-6)3-1-2-4-12/h20H,1-5H2,(H4,14,15,18)(H,16,19,21). The van der Waals surface area contributed by atoms with Crippen LogP contribution in [0.4, 0.5) is 11.6 Å². The Hall–Kier alpha value is -1.93. The molecule has 9 heteroatoms. The van der Waals surface area contributed by atoms with Gasteiger partial charge in [0, 0.05) is 12.0 Å². The van der Waals surface area contributed by atoms with Gasteiger partial charge in [0.15, 0.2) is 22.5 Å². The molecule has 21 heavy (non-hydrogen) atoms. The van der Waals surface area contributed by atoms with Crippen LogP contribution in [-0.2, 0) is 0 Å². The molecule has 1 amide bonds. The van der Waals surface area contributed by atoms with Gasteiger partial charge in [-0.2, -0.15) is 4.99 Å². The van der Waals surface area contributed by atoms with Crippen molar-refractivity contribution in [2.75, 3.05) is 11.5 Å². The van der Waals surface area contributed by atoms with Crippen LogP contribution in [0.25, 0.3) is 0 Å². The Morgan fingerprint density at radius 3 is 2.67 bits per heavy atom. The molecule has 112 valence electrons. The van der Waals surface area contributed by atoms with Crippen LogP contribution in [0, 0.1) is 0 Å². The Bertz CT molecular complexity index is 624. The van der Waals surface area contributed by atoms with E-state index in [0.717, 1.165) is 12.8 Å². The minimum absolute atomic E-state index is 0.0102. The molecule has 1 aliphatic heterocycles. The third kappa shape index (κ3) is 2.64. The first kappa shape index (κ1) is 14.0. The molecule has 0 bridgehead atoms. The number of hydrogen-bond donors (Lipinski definition) is 4. The highest BCUT2D eigenvalue weighted by Crippen LogP contribution is 2.34. The first-order valence-corrected chi connectivity index (χ1v) is 7.10. The van der Waals surface area contributed by atoms with Crippen molar-refractivity contribution in [3.8, 4) is 0 Å². The lowest BCUT2D eigenvalue weighted by molar-refractivity contribution is 0.0998. The van der Waals surface area contributed by atoms with Crippen molar-refractivity contribution in [2.24, 2.45) is 4.99 Å². The van der Waals surface area contributed by atoms with Crippen molar-refractivity contribution in [1.29, 1.82) is 0 Å². The SMILES string of the molecule is Nc1nc(N)c(C(=O)/N=C2/CC3(CCCC3)NN2)nc1Cl. The van der Waals surface area contributed by atoms with Crippen LogP contribution in [0.3, 0.4) is 0 Å². The molecule has 8 nitrogen and oxygen atoms in total. The van der Waals surface area contributed by atoms with Gasteiger partial charge < -0.3 is 16.9 Å². The fourth-order valence-corrected chi connectivity index (χ4v) is 2.94. The molecule has 1 spiro atoms. The second-order valence-corrected chi connectivity index (χ2v) is 5.77. The van der Waals surface area contributed by atoms with E-state index in [-0.39, 0.29) is 28.0 Å². The molecule has 1 saturated heterocycles. The maximum absolute atomic E-state index is 12.2. The van der Waals surface area contributed by atoms with E-state index < -0.39 is 5.91 Å². The number of anilines is 2. The Morgan fingerprint density at radius 2 is 1.95 bits per heavy atom. The number of nitrogen functional groups attached to an aromatic ring is 2. The summed E-state index contributed by atoms with van der Waals surface area (Å²) in [5.74, 6) is -0.0889. The first-order valence-electron chi connectivity index (χ1n) is 6.73. The molecular weight excluding hydrogens is 294 g/mol. The molecule has 0 unspecified atom stereocenters. The number of nitrogens with two attached hydrogens (primary N) is 2. The number of halogens is 1. The molecule has 1 aromatic rings. The minimum atomic E-state index is -0.582. The van der Waals surface area contributed by atoms with Crippen LogP contribution >= 0.6 is 11.6 Å². The third-order valence-corrected chi connectivity index (χ3v) is 4.16. The number of nitrogens with one attached hydrogen (secondary N) is 2. The molecular formula is C12H16ClN7O. The van der Waals surface area contributed by atoms with Gasteiger partial charge in [-0.1, -0.05) is 24.4 Å². The van der Waals surface area contributed by atoms with Gasteiger partial charge >= 0.3 is 5.91 Å². The highest BCUT2D eigenvalue weighted by Gasteiger charge is 2.39. The van der Waals surface area contributed by atoms with Gasteiger partial charge in [-0.05, 0) is 12.8 Å². The summed E-state index contributed by atoms with van der Waals surface area (Å²) in [5, 5.41) is -0.0579. The topological polar surface area (TPSA) is 131 Å². The van der Waals surface area contributed by atoms with Crippen molar-refractivity contribution in [3.05, 3.63) is 10.8 Å². The molecule has 1 aromatic heterocycles. The lowest BCUT2D eigenvalue weighted by atomic mass is 9.95. The lowest BCUT2D eigenvalue weighted by Gasteiger charge is -2.19. The summed E-state index contributed by atoms with van der Waals surface area (Å²) in [5.41, 5.74) is 17.3. The Kier molecular flexibility index (Phi) is 3.42. The van der Waals surface area contributed by atoms with Crippen LogP contribution in [-0.4, -0.2) is 27.2 Å². The van der Waals surface area contributed by atoms with E-state index in [1.807, 2.05) is 0 Å². The highest BCUT2D eigenvalue weighted by molar-refractivity contribution is 6.31. The number of carbonyl (C=O) groups is 1. The zero-order chi connectivity index (χ0) is 15.0. The number of hydrazine groups is 1. The van der Waals surface area contributed by atoms with Crippen molar-refractivity contribution in [3.63, 3.8) is 0 Å². The molecule has 2 heterocycles. The fourth-order valence-electron chi connectivity index (χ4n) is 2.81. The number of hydrogen-bond acceptors (Lipinski definition) is 6. The van der Waals surface area contributed by atoms with E-state index in [2.05, 4.69) is 25.8 Å². The quantitative estimate of drug-likeness (QED) is 0.598. The van der Waals surface area contributed by atoms with Crippen molar-refractivity contribution in [1.82, 2.24) is 20.8 Å². The number of carbonyl (C=O) groups excluding carboxylic acids is 1. The molecule has 0 radical (unpaired) electrons. The van der Waals surface area contributed by atoms with Gasteiger partial charge in [-0.15, -0.1) is 0 Å². The summed E-state index contributed by atoms with van der Waals surface area (Å²) < 4.78 is 0. The Labute approximate surface area is 126 Å². The van der Waals surface area contributed by atoms with Gasteiger partial charge in [-0.3, -0.25) is 4.79 Å². The van der Waals surface area contributed by atoms with Gasteiger partial charge in [0.25, 0.3) is 0 Å². The van der Waals surface area contributed by atoms with Crippen LogP contribution in [0.2, 0.25) is 5.15 Å². The van der Waals surface area contributed by atoms with E-state index in [0.29, 0.717) is 12.3 Å². The first-order chi connectivity index (χ1) is 9.99. The normalized spacial score (nSPS) is 21.9. The second-order valence-electron chi connectivity index (χ2n) is 5.41. The largest absolute Gasteiger partial charge is 0.382 e. The highest BCUT2D eigenvalue weighted by atomic mass is 35.5. The molecule has 2 fully saturated rings. The van der Waals surface area contributed by atoms with E-state index in [4.69, 9.17) is 23.1 Å². The zero-order valence-corrected chi connectivity index (χ0v) is 12.1. The maximum atomic E-state index is 12.2. The predicted molar refractivity (Wildman–Crippen MR) is 79.7 cm³/mol. The smallest absolute Gasteiger partial charge is 0.301 e. The maximum Gasteiger partial charge on any atom is 0.301 e. The molecule has 0 atom stereocenters.